The molecule has 0 spiro atoms. The lowest BCUT2D eigenvalue weighted by atomic mass is 10.1. The van der Waals surface area contributed by atoms with Crippen LogP contribution in [0.2, 0.25) is 0 Å². The normalized spacial score (nSPS) is 13.0. The fraction of sp³-hybridized carbons (Fsp3) is 0.667. The van der Waals surface area contributed by atoms with Gasteiger partial charge in [-0.25, -0.2) is 0 Å². The molecule has 0 aromatic carbocycles. The Hall–Kier alpha value is -0.380. The van der Waals surface area contributed by atoms with Crippen LogP contribution in [0.3, 0.4) is 0 Å². The average Bonchev–Trinajstić information content (AvgIpc) is 2.66. The SMILES string of the molecule is CCc1ccc(CNCC(C)CCO)s1. The largest absolute Gasteiger partial charge is 0.396 e. The Labute approximate surface area is 96.3 Å². The first kappa shape index (κ1) is 12.7. The highest BCUT2D eigenvalue weighted by atomic mass is 32.1. The van der Waals surface area contributed by atoms with Gasteiger partial charge in [0.15, 0.2) is 0 Å². The van der Waals surface area contributed by atoms with E-state index in [-0.39, 0.29) is 0 Å². The van der Waals surface area contributed by atoms with Gasteiger partial charge in [0, 0.05) is 22.9 Å². The summed E-state index contributed by atoms with van der Waals surface area (Å²) in [6.07, 6.45) is 2.02. The van der Waals surface area contributed by atoms with Gasteiger partial charge in [-0.05, 0) is 37.4 Å². The van der Waals surface area contributed by atoms with Crippen LogP contribution in [0, 0.1) is 5.92 Å². The third kappa shape index (κ3) is 4.78. The van der Waals surface area contributed by atoms with Crippen molar-refractivity contribution < 1.29 is 5.11 Å². The van der Waals surface area contributed by atoms with E-state index >= 15 is 0 Å². The Morgan fingerprint density at radius 3 is 2.73 bits per heavy atom. The van der Waals surface area contributed by atoms with Crippen molar-refractivity contribution in [1.82, 2.24) is 5.32 Å². The molecule has 0 aliphatic rings. The molecule has 3 heteroatoms. The van der Waals surface area contributed by atoms with E-state index in [0.29, 0.717) is 12.5 Å². The number of aliphatic hydroxyl groups is 1. The molecular weight excluding hydrogens is 206 g/mol. The summed E-state index contributed by atoms with van der Waals surface area (Å²) < 4.78 is 0. The second kappa shape index (κ2) is 6.99. The predicted octanol–water partition coefficient (Wildman–Crippen LogP) is 2.42. The lowest BCUT2D eigenvalue weighted by Crippen LogP contribution is -2.20. The first-order valence-corrected chi connectivity index (χ1v) is 6.47. The van der Waals surface area contributed by atoms with Gasteiger partial charge in [-0.3, -0.25) is 0 Å². The fourth-order valence-electron chi connectivity index (χ4n) is 1.47. The number of aryl methyl sites for hydroxylation is 1. The molecular formula is C12H21NOS. The van der Waals surface area contributed by atoms with E-state index in [1.165, 1.54) is 9.75 Å². The van der Waals surface area contributed by atoms with Crippen LogP contribution in [-0.4, -0.2) is 18.3 Å². The van der Waals surface area contributed by atoms with Crippen molar-refractivity contribution in [2.45, 2.75) is 33.2 Å². The molecule has 1 atom stereocenters. The van der Waals surface area contributed by atoms with Gasteiger partial charge in [-0.1, -0.05) is 13.8 Å². The quantitative estimate of drug-likeness (QED) is 0.750. The van der Waals surface area contributed by atoms with Crippen LogP contribution in [0.4, 0.5) is 0 Å². The van der Waals surface area contributed by atoms with Crippen molar-refractivity contribution >= 4 is 11.3 Å². The van der Waals surface area contributed by atoms with Crippen molar-refractivity contribution in [1.29, 1.82) is 0 Å². The molecule has 1 rings (SSSR count). The molecule has 1 aromatic rings. The second-order valence-corrected chi connectivity index (χ2v) is 5.22. The summed E-state index contributed by atoms with van der Waals surface area (Å²) in [5, 5.41) is 12.2. The first-order valence-electron chi connectivity index (χ1n) is 5.65. The number of hydrogen-bond acceptors (Lipinski definition) is 3. The monoisotopic (exact) mass is 227 g/mol. The second-order valence-electron chi connectivity index (χ2n) is 3.97. The highest BCUT2D eigenvalue weighted by Gasteiger charge is 2.02. The smallest absolute Gasteiger partial charge is 0.0434 e. The predicted molar refractivity (Wildman–Crippen MR) is 66.3 cm³/mol. The zero-order valence-electron chi connectivity index (χ0n) is 9.62. The lowest BCUT2D eigenvalue weighted by Gasteiger charge is -2.09. The molecule has 0 saturated heterocycles. The average molecular weight is 227 g/mol. The molecule has 2 N–H and O–H groups in total. The van der Waals surface area contributed by atoms with E-state index in [9.17, 15) is 0 Å². The first-order chi connectivity index (χ1) is 7.26. The summed E-state index contributed by atoms with van der Waals surface area (Å²) in [7, 11) is 0. The maximum atomic E-state index is 8.76. The van der Waals surface area contributed by atoms with Gasteiger partial charge in [0.25, 0.3) is 0 Å². The number of aliphatic hydroxyl groups excluding tert-OH is 1. The zero-order valence-corrected chi connectivity index (χ0v) is 10.4. The molecule has 86 valence electrons. The number of rotatable bonds is 7. The Balaban J connectivity index is 2.19. The molecule has 0 fully saturated rings. The minimum Gasteiger partial charge on any atom is -0.396 e. The standard InChI is InChI=1S/C12H21NOS/c1-3-11-4-5-12(15-11)9-13-8-10(2)6-7-14/h4-5,10,13-14H,3,6-9H2,1-2H3. The molecule has 0 radical (unpaired) electrons. The molecule has 0 saturated carbocycles. The molecule has 0 aliphatic carbocycles. The molecule has 0 aliphatic heterocycles. The number of thiophene rings is 1. The lowest BCUT2D eigenvalue weighted by molar-refractivity contribution is 0.260. The highest BCUT2D eigenvalue weighted by Crippen LogP contribution is 2.16. The van der Waals surface area contributed by atoms with Crippen molar-refractivity contribution in [3.8, 4) is 0 Å². The van der Waals surface area contributed by atoms with Crippen LogP contribution < -0.4 is 5.32 Å². The van der Waals surface area contributed by atoms with Gasteiger partial charge in [0.1, 0.15) is 0 Å². The third-order valence-electron chi connectivity index (χ3n) is 2.48. The van der Waals surface area contributed by atoms with E-state index in [0.717, 1.165) is 25.9 Å². The molecule has 0 amide bonds. The minimum absolute atomic E-state index is 0.293. The number of hydrogen-bond donors (Lipinski definition) is 2. The Kier molecular flexibility index (Phi) is 5.91. The molecule has 0 bridgehead atoms. The van der Waals surface area contributed by atoms with Gasteiger partial charge in [-0.2, -0.15) is 0 Å². The van der Waals surface area contributed by atoms with Crippen molar-refractivity contribution in [2.75, 3.05) is 13.2 Å². The summed E-state index contributed by atoms with van der Waals surface area (Å²) in [5.41, 5.74) is 0. The maximum absolute atomic E-state index is 8.76. The van der Waals surface area contributed by atoms with Crippen LogP contribution in [0.5, 0.6) is 0 Å². The van der Waals surface area contributed by atoms with Crippen molar-refractivity contribution in [2.24, 2.45) is 5.92 Å². The van der Waals surface area contributed by atoms with Crippen molar-refractivity contribution in [3.63, 3.8) is 0 Å². The van der Waals surface area contributed by atoms with Crippen LogP contribution in [0.15, 0.2) is 12.1 Å². The molecule has 1 heterocycles. The van der Waals surface area contributed by atoms with E-state index < -0.39 is 0 Å². The van der Waals surface area contributed by atoms with E-state index in [2.05, 4.69) is 31.3 Å². The van der Waals surface area contributed by atoms with Gasteiger partial charge < -0.3 is 10.4 Å². The Morgan fingerprint density at radius 2 is 2.13 bits per heavy atom. The van der Waals surface area contributed by atoms with Gasteiger partial charge in [-0.15, -0.1) is 11.3 Å². The van der Waals surface area contributed by atoms with Gasteiger partial charge >= 0.3 is 0 Å². The van der Waals surface area contributed by atoms with E-state index in [1.54, 1.807) is 0 Å². The molecule has 15 heavy (non-hydrogen) atoms. The highest BCUT2D eigenvalue weighted by molar-refractivity contribution is 7.11. The third-order valence-corrected chi connectivity index (χ3v) is 3.71. The Morgan fingerprint density at radius 1 is 1.40 bits per heavy atom. The van der Waals surface area contributed by atoms with Crippen molar-refractivity contribution in [3.05, 3.63) is 21.9 Å². The molecule has 2 nitrogen and oxygen atoms in total. The van der Waals surface area contributed by atoms with Crippen LogP contribution in [-0.2, 0) is 13.0 Å². The maximum Gasteiger partial charge on any atom is 0.0434 e. The summed E-state index contributed by atoms with van der Waals surface area (Å²) in [5.74, 6) is 0.556. The topological polar surface area (TPSA) is 32.3 Å². The number of nitrogens with one attached hydrogen (secondary N) is 1. The van der Waals surface area contributed by atoms with E-state index in [4.69, 9.17) is 5.11 Å². The summed E-state index contributed by atoms with van der Waals surface area (Å²) in [6.45, 7) is 6.59. The molecule has 1 unspecified atom stereocenters. The van der Waals surface area contributed by atoms with Gasteiger partial charge in [0.2, 0.25) is 0 Å². The summed E-state index contributed by atoms with van der Waals surface area (Å²) in [4.78, 5) is 2.86. The van der Waals surface area contributed by atoms with Gasteiger partial charge in [0.05, 0.1) is 0 Å². The summed E-state index contributed by atoms with van der Waals surface area (Å²) in [6, 6.07) is 4.41. The minimum atomic E-state index is 0.293. The molecule has 1 aromatic heterocycles. The Bertz CT molecular complexity index is 272. The summed E-state index contributed by atoms with van der Waals surface area (Å²) >= 11 is 1.89. The van der Waals surface area contributed by atoms with E-state index in [1.807, 2.05) is 11.3 Å². The van der Waals surface area contributed by atoms with Crippen LogP contribution in [0.25, 0.3) is 0 Å². The zero-order chi connectivity index (χ0) is 11.1. The fourth-order valence-corrected chi connectivity index (χ4v) is 2.40. The van der Waals surface area contributed by atoms with Crippen LogP contribution in [0.1, 0.15) is 30.0 Å². The van der Waals surface area contributed by atoms with Crippen LogP contribution >= 0.6 is 11.3 Å².